The maximum absolute atomic E-state index is 13.1. The molecule has 0 aliphatic carbocycles. The van der Waals surface area contributed by atoms with Crippen LogP contribution in [0.3, 0.4) is 0 Å². The van der Waals surface area contributed by atoms with E-state index in [4.69, 9.17) is 4.74 Å². The first-order valence-electron chi connectivity index (χ1n) is 10.1. The van der Waals surface area contributed by atoms with Gasteiger partial charge in [-0.15, -0.1) is 0 Å². The van der Waals surface area contributed by atoms with Crippen LogP contribution in [0.25, 0.3) is 5.76 Å². The molecule has 1 fully saturated rings. The number of ether oxygens (including phenoxy) is 1. The molecule has 3 aromatic carbocycles. The molecule has 166 valence electrons. The van der Waals surface area contributed by atoms with Gasteiger partial charge in [-0.25, -0.2) is 0 Å². The Morgan fingerprint density at radius 3 is 2.36 bits per heavy atom. The van der Waals surface area contributed by atoms with Crippen LogP contribution in [0.1, 0.15) is 22.7 Å². The van der Waals surface area contributed by atoms with Crippen LogP contribution < -0.4 is 4.74 Å². The van der Waals surface area contributed by atoms with Crippen molar-refractivity contribution < 1.29 is 24.4 Å². The van der Waals surface area contributed by atoms with E-state index in [-0.39, 0.29) is 23.4 Å². The van der Waals surface area contributed by atoms with Crippen molar-refractivity contribution in [3.8, 4) is 5.75 Å². The second-order valence-electron chi connectivity index (χ2n) is 7.49. The minimum Gasteiger partial charge on any atom is -0.507 e. The van der Waals surface area contributed by atoms with E-state index in [2.05, 4.69) is 0 Å². The third kappa shape index (κ3) is 4.18. The number of aliphatic hydroxyl groups is 1. The highest BCUT2D eigenvalue weighted by atomic mass is 16.6. The topological polar surface area (TPSA) is 110 Å². The van der Waals surface area contributed by atoms with Crippen molar-refractivity contribution >= 4 is 23.1 Å². The van der Waals surface area contributed by atoms with Crippen LogP contribution in [-0.4, -0.2) is 33.7 Å². The van der Waals surface area contributed by atoms with Gasteiger partial charge < -0.3 is 14.7 Å². The molecule has 1 aliphatic heterocycles. The Morgan fingerprint density at radius 1 is 1.03 bits per heavy atom. The number of aliphatic hydroxyl groups excluding tert-OH is 1. The Labute approximate surface area is 189 Å². The van der Waals surface area contributed by atoms with Crippen LogP contribution in [0.4, 0.5) is 5.69 Å². The second-order valence-corrected chi connectivity index (χ2v) is 7.49. The van der Waals surface area contributed by atoms with Gasteiger partial charge in [-0.1, -0.05) is 54.6 Å². The number of nitrogens with zero attached hydrogens (tertiary/aromatic N) is 2. The summed E-state index contributed by atoms with van der Waals surface area (Å²) in [5.41, 5.74) is 1.15. The lowest BCUT2D eigenvalue weighted by molar-refractivity contribution is -0.384. The summed E-state index contributed by atoms with van der Waals surface area (Å²) in [6.45, 7) is 0.125. The average Bonchev–Trinajstić information content (AvgIpc) is 3.09. The largest absolute Gasteiger partial charge is 0.507 e. The van der Waals surface area contributed by atoms with Gasteiger partial charge >= 0.3 is 0 Å². The summed E-state index contributed by atoms with van der Waals surface area (Å²) < 4.78 is 5.17. The van der Waals surface area contributed by atoms with Crippen molar-refractivity contribution in [1.29, 1.82) is 0 Å². The number of benzene rings is 3. The molecule has 8 heteroatoms. The molecular weight excluding hydrogens is 424 g/mol. The maximum Gasteiger partial charge on any atom is 0.295 e. The molecule has 1 atom stereocenters. The van der Waals surface area contributed by atoms with Crippen LogP contribution in [0.2, 0.25) is 0 Å². The number of Topliss-reactive ketones (excluding diaryl/α,β-unsaturated/α-hetero) is 1. The summed E-state index contributed by atoms with van der Waals surface area (Å²) in [5, 5.41) is 22.2. The van der Waals surface area contributed by atoms with E-state index < -0.39 is 28.4 Å². The Morgan fingerprint density at radius 2 is 1.73 bits per heavy atom. The third-order valence-electron chi connectivity index (χ3n) is 5.50. The van der Waals surface area contributed by atoms with E-state index in [0.29, 0.717) is 11.3 Å². The Hall–Kier alpha value is -4.46. The molecule has 33 heavy (non-hydrogen) atoms. The van der Waals surface area contributed by atoms with Gasteiger partial charge in [-0.2, -0.15) is 0 Å². The van der Waals surface area contributed by atoms with E-state index in [1.165, 1.54) is 29.2 Å². The molecule has 0 bridgehead atoms. The number of ketones is 1. The second kappa shape index (κ2) is 8.96. The normalized spacial score (nSPS) is 17.2. The van der Waals surface area contributed by atoms with Gasteiger partial charge in [0.25, 0.3) is 17.4 Å². The number of nitro benzene ring substituents is 1. The lowest BCUT2D eigenvalue weighted by Crippen LogP contribution is -2.29. The van der Waals surface area contributed by atoms with Gasteiger partial charge in [-0.3, -0.25) is 19.7 Å². The van der Waals surface area contributed by atoms with Gasteiger partial charge in [0.1, 0.15) is 11.5 Å². The summed E-state index contributed by atoms with van der Waals surface area (Å²) in [6.07, 6.45) is 0. The van der Waals surface area contributed by atoms with E-state index in [1.807, 2.05) is 0 Å². The maximum atomic E-state index is 13.1. The molecule has 0 aromatic heterocycles. The van der Waals surface area contributed by atoms with E-state index in [1.54, 1.807) is 61.7 Å². The molecular formula is C25H20N2O6. The van der Waals surface area contributed by atoms with Crippen LogP contribution in [0, 0.1) is 10.1 Å². The number of nitro groups is 1. The van der Waals surface area contributed by atoms with Crippen molar-refractivity contribution in [1.82, 2.24) is 4.90 Å². The van der Waals surface area contributed by atoms with Crippen LogP contribution in [-0.2, 0) is 16.1 Å². The van der Waals surface area contributed by atoms with Crippen molar-refractivity contribution in [2.45, 2.75) is 12.6 Å². The number of non-ortho nitro benzene ring substituents is 1. The Balaban J connectivity index is 1.82. The van der Waals surface area contributed by atoms with Gasteiger partial charge in [0.2, 0.25) is 0 Å². The molecule has 0 saturated carbocycles. The van der Waals surface area contributed by atoms with Crippen molar-refractivity contribution in [2.75, 3.05) is 7.11 Å². The lowest BCUT2D eigenvalue weighted by Gasteiger charge is -2.25. The van der Waals surface area contributed by atoms with Gasteiger partial charge in [0.15, 0.2) is 0 Å². The average molecular weight is 444 g/mol. The molecule has 1 aliphatic rings. The summed E-state index contributed by atoms with van der Waals surface area (Å²) in [7, 11) is 1.55. The number of amides is 1. The molecule has 0 spiro atoms. The summed E-state index contributed by atoms with van der Waals surface area (Å²) in [5.74, 6) is -1.40. The van der Waals surface area contributed by atoms with E-state index in [9.17, 15) is 24.8 Å². The first-order chi connectivity index (χ1) is 15.9. The first-order valence-corrected chi connectivity index (χ1v) is 10.1. The molecule has 1 amide bonds. The minimum absolute atomic E-state index is 0.0904. The SMILES string of the molecule is COc1ccc(CN2C(=O)C(=O)/C(=C(\O)c3cccc([N+](=O)[O-])c3)C2c2ccccc2)cc1. The molecule has 1 unspecified atom stereocenters. The van der Waals surface area contributed by atoms with Crippen LogP contribution in [0.15, 0.2) is 84.4 Å². The number of hydrogen-bond donors (Lipinski definition) is 1. The zero-order valence-electron chi connectivity index (χ0n) is 17.7. The summed E-state index contributed by atoms with van der Waals surface area (Å²) in [4.78, 5) is 38.1. The molecule has 0 radical (unpaired) electrons. The zero-order chi connectivity index (χ0) is 23.5. The summed E-state index contributed by atoms with van der Waals surface area (Å²) in [6, 6.07) is 20.5. The fraction of sp³-hybridized carbons (Fsp3) is 0.120. The van der Waals surface area contributed by atoms with Gasteiger partial charge in [0, 0.05) is 24.2 Å². The predicted molar refractivity (Wildman–Crippen MR) is 120 cm³/mol. The summed E-state index contributed by atoms with van der Waals surface area (Å²) >= 11 is 0. The number of rotatable bonds is 6. The van der Waals surface area contributed by atoms with Crippen LogP contribution >= 0.6 is 0 Å². The Bertz CT molecular complexity index is 1250. The van der Waals surface area contributed by atoms with Crippen LogP contribution in [0.5, 0.6) is 5.75 Å². The monoisotopic (exact) mass is 444 g/mol. The molecule has 1 saturated heterocycles. The van der Waals surface area contributed by atoms with E-state index in [0.717, 1.165) is 5.56 Å². The quantitative estimate of drug-likeness (QED) is 0.200. The third-order valence-corrected chi connectivity index (χ3v) is 5.50. The number of likely N-dealkylation sites (tertiary alicyclic amines) is 1. The fourth-order valence-electron chi connectivity index (χ4n) is 3.87. The molecule has 1 N–H and O–H groups in total. The van der Waals surface area contributed by atoms with Gasteiger partial charge in [0.05, 0.1) is 23.6 Å². The van der Waals surface area contributed by atoms with Crippen molar-refractivity contribution in [3.05, 3.63) is 111 Å². The predicted octanol–water partition coefficient (Wildman–Crippen LogP) is 4.23. The molecule has 1 heterocycles. The van der Waals surface area contributed by atoms with Crippen molar-refractivity contribution in [2.24, 2.45) is 0 Å². The highest BCUT2D eigenvalue weighted by Gasteiger charge is 2.46. The molecule has 4 rings (SSSR count). The van der Waals surface area contributed by atoms with Gasteiger partial charge in [-0.05, 0) is 23.3 Å². The highest BCUT2D eigenvalue weighted by molar-refractivity contribution is 6.46. The highest BCUT2D eigenvalue weighted by Crippen LogP contribution is 2.40. The molecule has 3 aromatic rings. The van der Waals surface area contributed by atoms with Crippen molar-refractivity contribution in [3.63, 3.8) is 0 Å². The smallest absolute Gasteiger partial charge is 0.295 e. The fourth-order valence-corrected chi connectivity index (χ4v) is 3.87. The molecule has 8 nitrogen and oxygen atoms in total. The number of carbonyl (C=O) groups is 2. The number of methoxy groups -OCH3 is 1. The first kappa shape index (κ1) is 21.8. The lowest BCUT2D eigenvalue weighted by atomic mass is 9.95. The minimum atomic E-state index is -0.854. The number of carbonyl (C=O) groups excluding carboxylic acids is 2. The Kier molecular flexibility index (Phi) is 5.91. The van der Waals surface area contributed by atoms with E-state index >= 15 is 0 Å². The zero-order valence-corrected chi connectivity index (χ0v) is 17.7. The standard InChI is InChI=1S/C25H20N2O6/c1-33-20-12-10-16(11-13-20)15-26-22(17-6-3-2-4-7-17)21(24(29)25(26)30)23(28)18-8-5-9-19(14-18)27(31)32/h2-14,22,28H,15H2,1H3/b23-21-. The number of hydrogen-bond acceptors (Lipinski definition) is 6.